The third kappa shape index (κ3) is 3.47. The summed E-state index contributed by atoms with van der Waals surface area (Å²) in [7, 11) is 0. The third-order valence-electron chi connectivity index (χ3n) is 7.64. The number of para-hydroxylation sites is 1. The molecule has 2 saturated carbocycles. The predicted octanol–water partition coefficient (Wildman–Crippen LogP) is 4.73. The molecule has 170 valence electrons. The van der Waals surface area contributed by atoms with Crippen molar-refractivity contribution in [2.45, 2.75) is 31.2 Å². The summed E-state index contributed by atoms with van der Waals surface area (Å²) in [4.78, 5) is 19.1. The standard InChI is InChI=1S/C27H27N7/c1-2-7-18(8-3-1)31-23-11-17(9-10-30-23)26-32-22-15-29-12-19(16-5-4-6-16)24(22)27(34-26)33-25-20-13-28-14-21(20)25/h1-3,7-12,15-16,20-21,25,28H,4-6,13-14H2,(H,30,31)(H,32,33,34)/t20-,21+,25+. The summed E-state index contributed by atoms with van der Waals surface area (Å²) in [6.45, 7) is 2.18. The second kappa shape index (κ2) is 8.02. The molecule has 7 rings (SSSR count). The average Bonchev–Trinajstić information content (AvgIpc) is 3.23. The van der Waals surface area contributed by atoms with E-state index >= 15 is 0 Å². The Morgan fingerprint density at radius 2 is 1.79 bits per heavy atom. The van der Waals surface area contributed by atoms with E-state index in [2.05, 4.69) is 25.9 Å². The number of anilines is 3. The van der Waals surface area contributed by atoms with Crippen LogP contribution in [0.3, 0.4) is 0 Å². The second-order valence-corrected chi connectivity index (χ2v) is 9.72. The maximum atomic E-state index is 5.10. The van der Waals surface area contributed by atoms with E-state index in [1.54, 1.807) is 6.20 Å². The molecule has 1 aliphatic heterocycles. The molecule has 0 unspecified atom stereocenters. The summed E-state index contributed by atoms with van der Waals surface area (Å²) in [6.07, 6.45) is 9.45. The lowest BCUT2D eigenvalue weighted by atomic mass is 9.79. The Bertz CT molecular complexity index is 1340. The first kappa shape index (κ1) is 19.9. The van der Waals surface area contributed by atoms with Crippen molar-refractivity contribution in [3.8, 4) is 11.4 Å². The van der Waals surface area contributed by atoms with Crippen molar-refractivity contribution in [2.24, 2.45) is 11.8 Å². The van der Waals surface area contributed by atoms with Crippen molar-refractivity contribution < 1.29 is 0 Å². The van der Waals surface area contributed by atoms with Gasteiger partial charge < -0.3 is 16.0 Å². The number of hydrogen-bond donors (Lipinski definition) is 3. The fourth-order valence-corrected chi connectivity index (χ4v) is 5.47. The number of pyridine rings is 2. The fourth-order valence-electron chi connectivity index (χ4n) is 5.47. The minimum Gasteiger partial charge on any atom is -0.366 e. The third-order valence-corrected chi connectivity index (χ3v) is 7.64. The summed E-state index contributed by atoms with van der Waals surface area (Å²) >= 11 is 0. The number of fused-ring (bicyclic) bond motifs is 2. The first-order valence-electron chi connectivity index (χ1n) is 12.2. The highest BCUT2D eigenvalue weighted by molar-refractivity contribution is 5.93. The first-order chi connectivity index (χ1) is 16.8. The van der Waals surface area contributed by atoms with Crippen molar-refractivity contribution in [2.75, 3.05) is 23.7 Å². The van der Waals surface area contributed by atoms with Gasteiger partial charge in [0.15, 0.2) is 5.82 Å². The van der Waals surface area contributed by atoms with Gasteiger partial charge >= 0.3 is 0 Å². The molecular formula is C27H27N7. The average molecular weight is 450 g/mol. The molecule has 7 heteroatoms. The van der Waals surface area contributed by atoms with Gasteiger partial charge in [-0.25, -0.2) is 15.0 Å². The van der Waals surface area contributed by atoms with Gasteiger partial charge in [0, 0.05) is 48.2 Å². The van der Waals surface area contributed by atoms with Crippen LogP contribution in [-0.2, 0) is 0 Å². The number of nitrogens with zero attached hydrogens (tertiary/aromatic N) is 4. The fraction of sp³-hybridized carbons (Fsp3) is 0.333. The normalized spacial score (nSPS) is 23.4. The van der Waals surface area contributed by atoms with E-state index in [1.807, 2.05) is 54.9 Å². The number of rotatable bonds is 6. The van der Waals surface area contributed by atoms with Gasteiger partial charge in [-0.3, -0.25) is 4.98 Å². The molecular weight excluding hydrogens is 422 g/mol. The summed E-state index contributed by atoms with van der Waals surface area (Å²) in [5, 5.41) is 11.8. The van der Waals surface area contributed by atoms with Gasteiger partial charge in [0.2, 0.25) is 0 Å². The monoisotopic (exact) mass is 449 g/mol. The highest BCUT2D eigenvalue weighted by atomic mass is 15.1. The van der Waals surface area contributed by atoms with Crippen LogP contribution in [0.1, 0.15) is 30.7 Å². The Balaban J connectivity index is 1.29. The summed E-state index contributed by atoms with van der Waals surface area (Å²) in [5.41, 5.74) is 4.14. The van der Waals surface area contributed by atoms with E-state index in [-0.39, 0.29) is 0 Å². The Morgan fingerprint density at radius 3 is 2.59 bits per heavy atom. The maximum absolute atomic E-state index is 5.10. The van der Waals surface area contributed by atoms with Crippen molar-refractivity contribution in [3.63, 3.8) is 0 Å². The highest BCUT2D eigenvalue weighted by Gasteiger charge is 2.53. The Hall–Kier alpha value is -3.58. The molecule has 7 nitrogen and oxygen atoms in total. The molecule has 34 heavy (non-hydrogen) atoms. The minimum atomic E-state index is 0.488. The number of aromatic nitrogens is 4. The van der Waals surface area contributed by atoms with Gasteiger partial charge in [0.05, 0.1) is 11.7 Å². The van der Waals surface area contributed by atoms with E-state index in [0.717, 1.165) is 46.9 Å². The van der Waals surface area contributed by atoms with Gasteiger partial charge in [0.1, 0.15) is 11.6 Å². The molecule has 4 aromatic rings. The quantitative estimate of drug-likeness (QED) is 0.392. The number of hydrogen-bond acceptors (Lipinski definition) is 7. The van der Waals surface area contributed by atoms with Gasteiger partial charge in [-0.15, -0.1) is 0 Å². The predicted molar refractivity (Wildman–Crippen MR) is 134 cm³/mol. The molecule has 0 amide bonds. The molecule has 0 radical (unpaired) electrons. The van der Waals surface area contributed by atoms with Crippen LogP contribution in [0.5, 0.6) is 0 Å². The van der Waals surface area contributed by atoms with Gasteiger partial charge in [-0.1, -0.05) is 24.6 Å². The summed E-state index contributed by atoms with van der Waals surface area (Å²) < 4.78 is 0. The Morgan fingerprint density at radius 1 is 0.941 bits per heavy atom. The lowest BCUT2D eigenvalue weighted by molar-refractivity contribution is 0.421. The van der Waals surface area contributed by atoms with Crippen molar-refractivity contribution in [3.05, 3.63) is 66.6 Å². The molecule has 0 spiro atoms. The zero-order valence-corrected chi connectivity index (χ0v) is 18.9. The lowest BCUT2D eigenvalue weighted by Gasteiger charge is -2.27. The van der Waals surface area contributed by atoms with E-state index in [4.69, 9.17) is 9.97 Å². The molecule has 4 heterocycles. The van der Waals surface area contributed by atoms with Crippen molar-refractivity contribution >= 4 is 28.2 Å². The van der Waals surface area contributed by atoms with Gasteiger partial charge in [-0.05, 0) is 60.4 Å². The maximum Gasteiger partial charge on any atom is 0.162 e. The smallest absolute Gasteiger partial charge is 0.162 e. The highest BCUT2D eigenvalue weighted by Crippen LogP contribution is 2.46. The van der Waals surface area contributed by atoms with Crippen LogP contribution in [0.25, 0.3) is 22.3 Å². The summed E-state index contributed by atoms with van der Waals surface area (Å²) in [6, 6.07) is 14.5. The lowest BCUT2D eigenvalue weighted by Crippen LogP contribution is -2.22. The van der Waals surface area contributed by atoms with E-state index < -0.39 is 0 Å². The summed E-state index contributed by atoms with van der Waals surface area (Å²) in [5.74, 6) is 4.39. The molecule has 3 aromatic heterocycles. The van der Waals surface area contributed by atoms with Crippen LogP contribution in [-0.4, -0.2) is 39.1 Å². The minimum absolute atomic E-state index is 0.488. The zero-order chi connectivity index (χ0) is 22.5. The zero-order valence-electron chi connectivity index (χ0n) is 18.9. The van der Waals surface area contributed by atoms with Crippen LogP contribution >= 0.6 is 0 Å². The molecule has 3 atom stereocenters. The van der Waals surface area contributed by atoms with Crippen LogP contribution in [0.4, 0.5) is 17.3 Å². The Kier molecular flexibility index (Phi) is 4.68. The van der Waals surface area contributed by atoms with Crippen molar-refractivity contribution in [1.82, 2.24) is 25.3 Å². The van der Waals surface area contributed by atoms with E-state index in [0.29, 0.717) is 29.6 Å². The van der Waals surface area contributed by atoms with Gasteiger partial charge in [0.25, 0.3) is 0 Å². The van der Waals surface area contributed by atoms with Gasteiger partial charge in [-0.2, -0.15) is 0 Å². The van der Waals surface area contributed by atoms with Crippen LogP contribution in [0.2, 0.25) is 0 Å². The van der Waals surface area contributed by atoms with E-state index in [1.165, 1.54) is 24.8 Å². The topological polar surface area (TPSA) is 87.7 Å². The molecule has 3 aliphatic rings. The largest absolute Gasteiger partial charge is 0.366 e. The number of piperidine rings is 1. The molecule has 2 aliphatic carbocycles. The molecule has 3 N–H and O–H groups in total. The molecule has 1 saturated heterocycles. The van der Waals surface area contributed by atoms with Crippen LogP contribution < -0.4 is 16.0 Å². The first-order valence-corrected chi connectivity index (χ1v) is 12.2. The molecule has 0 bridgehead atoms. The Labute approximate surface area is 198 Å². The molecule has 3 fully saturated rings. The number of nitrogens with one attached hydrogen (secondary N) is 3. The SMILES string of the molecule is c1ccc(Nc2cc(-c3nc(N[C@H]4[C@@H]5CNC[C@@H]54)c4c(C5CCC5)cncc4n3)ccn2)cc1. The van der Waals surface area contributed by atoms with E-state index in [9.17, 15) is 0 Å². The molecule has 1 aromatic carbocycles. The van der Waals surface area contributed by atoms with Crippen LogP contribution in [0, 0.1) is 11.8 Å². The number of benzene rings is 1. The second-order valence-electron chi connectivity index (χ2n) is 9.72. The van der Waals surface area contributed by atoms with Crippen LogP contribution in [0.15, 0.2) is 61.1 Å². The van der Waals surface area contributed by atoms with Crippen molar-refractivity contribution in [1.29, 1.82) is 0 Å².